The van der Waals surface area contributed by atoms with E-state index in [9.17, 15) is 9.59 Å². The molecule has 70 valence electrons. The number of aromatic amines is 1. The molecule has 0 spiro atoms. The van der Waals surface area contributed by atoms with Crippen LogP contribution in [0.4, 0.5) is 0 Å². The molecule has 1 aromatic heterocycles. The standard InChI is InChI=1S/C9H12N2O2/c1-6(2)9(13)8(12)5-7-3-4-10-11-7/h3-4,6H,5H2,1-2H3,(H,10,11). The largest absolute Gasteiger partial charge is 0.291 e. The first-order valence-electron chi connectivity index (χ1n) is 4.16. The van der Waals surface area contributed by atoms with Crippen LogP contribution in [0.5, 0.6) is 0 Å². The quantitative estimate of drug-likeness (QED) is 0.695. The number of Topliss-reactive ketones (excluding diaryl/α,β-unsaturated/α-hetero) is 2. The number of H-pyrrole nitrogens is 1. The van der Waals surface area contributed by atoms with Crippen LogP contribution in [0.1, 0.15) is 19.5 Å². The molecule has 0 unspecified atom stereocenters. The molecule has 1 heterocycles. The normalized spacial score (nSPS) is 10.4. The summed E-state index contributed by atoms with van der Waals surface area (Å²) in [7, 11) is 0. The van der Waals surface area contributed by atoms with Crippen molar-refractivity contribution >= 4 is 11.6 Å². The van der Waals surface area contributed by atoms with Crippen molar-refractivity contribution in [2.24, 2.45) is 5.92 Å². The van der Waals surface area contributed by atoms with Crippen molar-refractivity contribution in [3.8, 4) is 0 Å². The second-order valence-corrected chi connectivity index (χ2v) is 3.20. The first-order chi connectivity index (χ1) is 6.11. The molecule has 1 N–H and O–H groups in total. The number of rotatable bonds is 4. The molecular weight excluding hydrogens is 168 g/mol. The van der Waals surface area contributed by atoms with Gasteiger partial charge in [-0.1, -0.05) is 13.8 Å². The summed E-state index contributed by atoms with van der Waals surface area (Å²) in [5.41, 5.74) is 0.680. The first-order valence-corrected chi connectivity index (χ1v) is 4.16. The van der Waals surface area contributed by atoms with Crippen LogP contribution in [-0.2, 0) is 16.0 Å². The zero-order valence-electron chi connectivity index (χ0n) is 7.70. The molecule has 0 atom stereocenters. The van der Waals surface area contributed by atoms with Crippen molar-refractivity contribution in [1.82, 2.24) is 10.2 Å². The number of nitrogens with one attached hydrogen (secondary N) is 1. The molecule has 0 saturated carbocycles. The summed E-state index contributed by atoms with van der Waals surface area (Å²) in [6.07, 6.45) is 1.68. The highest BCUT2D eigenvalue weighted by Gasteiger charge is 2.17. The van der Waals surface area contributed by atoms with Gasteiger partial charge in [0.1, 0.15) is 0 Å². The van der Waals surface area contributed by atoms with Crippen LogP contribution in [0.2, 0.25) is 0 Å². The van der Waals surface area contributed by atoms with Gasteiger partial charge in [-0.25, -0.2) is 0 Å². The average Bonchev–Trinajstić information content (AvgIpc) is 2.55. The third kappa shape index (κ3) is 2.50. The van der Waals surface area contributed by atoms with Crippen molar-refractivity contribution in [3.63, 3.8) is 0 Å². The Bertz CT molecular complexity index is 301. The molecule has 0 radical (unpaired) electrons. The van der Waals surface area contributed by atoms with E-state index >= 15 is 0 Å². The van der Waals surface area contributed by atoms with E-state index in [1.807, 2.05) is 0 Å². The molecule has 4 heteroatoms. The number of hydrogen-bond acceptors (Lipinski definition) is 3. The van der Waals surface area contributed by atoms with Crippen LogP contribution in [0.15, 0.2) is 12.3 Å². The van der Waals surface area contributed by atoms with E-state index in [0.717, 1.165) is 0 Å². The third-order valence-electron chi connectivity index (χ3n) is 1.71. The molecular formula is C9H12N2O2. The van der Waals surface area contributed by atoms with Crippen LogP contribution in [-0.4, -0.2) is 21.8 Å². The van der Waals surface area contributed by atoms with E-state index in [4.69, 9.17) is 0 Å². The Kier molecular flexibility index (Phi) is 2.95. The SMILES string of the molecule is CC(C)C(=O)C(=O)Cc1ccn[nH]1. The molecule has 1 rings (SSSR count). The fourth-order valence-electron chi connectivity index (χ4n) is 0.965. The summed E-state index contributed by atoms with van der Waals surface area (Å²) >= 11 is 0. The predicted octanol–water partition coefficient (Wildman–Crippen LogP) is 0.746. The molecule has 0 bridgehead atoms. The average molecular weight is 180 g/mol. The maximum Gasteiger partial charge on any atom is 0.204 e. The minimum Gasteiger partial charge on any atom is -0.291 e. The smallest absolute Gasteiger partial charge is 0.204 e. The summed E-state index contributed by atoms with van der Waals surface area (Å²) in [5, 5.41) is 6.33. The highest BCUT2D eigenvalue weighted by atomic mass is 16.2. The molecule has 4 nitrogen and oxygen atoms in total. The van der Waals surface area contributed by atoms with Gasteiger partial charge in [-0.15, -0.1) is 0 Å². The van der Waals surface area contributed by atoms with Gasteiger partial charge in [0.2, 0.25) is 11.6 Å². The molecule has 0 amide bonds. The summed E-state index contributed by atoms with van der Waals surface area (Å²) in [5.74, 6) is -0.913. The Hall–Kier alpha value is -1.45. The molecule has 1 aromatic rings. The molecule has 0 aliphatic rings. The fraction of sp³-hybridized carbons (Fsp3) is 0.444. The monoisotopic (exact) mass is 180 g/mol. The first kappa shape index (κ1) is 9.64. The Morgan fingerprint density at radius 3 is 2.69 bits per heavy atom. The summed E-state index contributed by atoms with van der Waals surface area (Å²) in [6, 6.07) is 1.69. The Morgan fingerprint density at radius 1 is 1.54 bits per heavy atom. The van der Waals surface area contributed by atoms with Crippen molar-refractivity contribution in [2.45, 2.75) is 20.3 Å². The lowest BCUT2D eigenvalue weighted by Crippen LogP contribution is -2.21. The zero-order valence-corrected chi connectivity index (χ0v) is 7.70. The minimum absolute atomic E-state index is 0.122. The highest BCUT2D eigenvalue weighted by Crippen LogP contribution is 2.00. The van der Waals surface area contributed by atoms with E-state index in [2.05, 4.69) is 10.2 Å². The Labute approximate surface area is 76.3 Å². The van der Waals surface area contributed by atoms with E-state index in [-0.39, 0.29) is 23.9 Å². The number of aromatic nitrogens is 2. The van der Waals surface area contributed by atoms with Gasteiger partial charge < -0.3 is 0 Å². The van der Waals surface area contributed by atoms with Gasteiger partial charge in [0.25, 0.3) is 0 Å². The van der Waals surface area contributed by atoms with Crippen molar-refractivity contribution < 1.29 is 9.59 Å². The molecule has 0 aliphatic heterocycles. The number of nitrogens with zero attached hydrogens (tertiary/aromatic N) is 1. The van der Waals surface area contributed by atoms with Crippen LogP contribution in [0.25, 0.3) is 0 Å². The van der Waals surface area contributed by atoms with Crippen molar-refractivity contribution in [3.05, 3.63) is 18.0 Å². The maximum atomic E-state index is 11.3. The zero-order chi connectivity index (χ0) is 9.84. The van der Waals surface area contributed by atoms with Crippen LogP contribution < -0.4 is 0 Å². The summed E-state index contributed by atoms with van der Waals surface area (Å²) in [4.78, 5) is 22.4. The van der Waals surface area contributed by atoms with E-state index < -0.39 is 0 Å². The lowest BCUT2D eigenvalue weighted by Gasteiger charge is -2.00. The van der Waals surface area contributed by atoms with Gasteiger partial charge in [0, 0.05) is 17.8 Å². The van der Waals surface area contributed by atoms with Gasteiger partial charge in [-0.2, -0.15) is 5.10 Å². The second kappa shape index (κ2) is 3.98. The van der Waals surface area contributed by atoms with Crippen LogP contribution in [0, 0.1) is 5.92 Å². The number of hydrogen-bond donors (Lipinski definition) is 1. The van der Waals surface area contributed by atoms with Gasteiger partial charge in [-0.05, 0) is 6.07 Å². The second-order valence-electron chi connectivity index (χ2n) is 3.20. The molecule has 13 heavy (non-hydrogen) atoms. The van der Waals surface area contributed by atoms with E-state index in [0.29, 0.717) is 5.69 Å². The molecule has 0 saturated heterocycles. The van der Waals surface area contributed by atoms with E-state index in [1.165, 1.54) is 0 Å². The van der Waals surface area contributed by atoms with Crippen molar-refractivity contribution in [2.75, 3.05) is 0 Å². The molecule has 0 aliphatic carbocycles. The lowest BCUT2D eigenvalue weighted by molar-refractivity contribution is -0.138. The van der Waals surface area contributed by atoms with Gasteiger partial charge in [0.15, 0.2) is 0 Å². The van der Waals surface area contributed by atoms with Gasteiger partial charge >= 0.3 is 0 Å². The summed E-state index contributed by atoms with van der Waals surface area (Å²) < 4.78 is 0. The number of carbonyl (C=O) groups excluding carboxylic acids is 2. The lowest BCUT2D eigenvalue weighted by atomic mass is 10.0. The Morgan fingerprint density at radius 2 is 2.23 bits per heavy atom. The molecule has 0 fully saturated rings. The maximum absolute atomic E-state index is 11.3. The topological polar surface area (TPSA) is 62.8 Å². The highest BCUT2D eigenvalue weighted by molar-refractivity contribution is 6.38. The van der Waals surface area contributed by atoms with Crippen LogP contribution >= 0.6 is 0 Å². The predicted molar refractivity (Wildman–Crippen MR) is 47.1 cm³/mol. The number of ketones is 2. The van der Waals surface area contributed by atoms with Crippen molar-refractivity contribution in [1.29, 1.82) is 0 Å². The summed E-state index contributed by atoms with van der Waals surface area (Å²) in [6.45, 7) is 3.43. The number of carbonyl (C=O) groups is 2. The molecule has 0 aromatic carbocycles. The fourth-order valence-corrected chi connectivity index (χ4v) is 0.965. The third-order valence-corrected chi connectivity index (χ3v) is 1.71. The van der Waals surface area contributed by atoms with Crippen LogP contribution in [0.3, 0.4) is 0 Å². The van der Waals surface area contributed by atoms with Gasteiger partial charge in [0.05, 0.1) is 6.42 Å². The van der Waals surface area contributed by atoms with Gasteiger partial charge in [-0.3, -0.25) is 14.7 Å². The minimum atomic E-state index is -0.362. The Balaban J connectivity index is 2.56. The van der Waals surface area contributed by atoms with E-state index in [1.54, 1.807) is 26.1 Å².